The van der Waals surface area contributed by atoms with Crippen LogP contribution in [0, 0.1) is 13.8 Å². The van der Waals surface area contributed by atoms with Crippen LogP contribution in [0.25, 0.3) is 0 Å². The van der Waals surface area contributed by atoms with Crippen LogP contribution in [0.1, 0.15) is 11.1 Å². The predicted molar refractivity (Wildman–Crippen MR) is 104 cm³/mol. The van der Waals surface area contributed by atoms with E-state index in [0.717, 1.165) is 11.4 Å². The third-order valence-corrected chi connectivity index (χ3v) is 3.65. The zero-order valence-electron chi connectivity index (χ0n) is 14.8. The number of hydrogen-bond acceptors (Lipinski definition) is 4. The summed E-state index contributed by atoms with van der Waals surface area (Å²) in [5.41, 5.74) is 4.26. The van der Waals surface area contributed by atoms with E-state index < -0.39 is 0 Å². The van der Waals surface area contributed by atoms with Crippen molar-refractivity contribution in [2.24, 2.45) is 0 Å². The molecule has 26 heavy (non-hydrogen) atoms. The summed E-state index contributed by atoms with van der Waals surface area (Å²) >= 11 is 0. The number of anilines is 3. The van der Waals surface area contributed by atoms with Crippen molar-refractivity contribution in [1.82, 2.24) is 4.98 Å². The monoisotopic (exact) mass is 347 g/mol. The molecule has 0 radical (unpaired) electrons. The van der Waals surface area contributed by atoms with E-state index in [1.54, 1.807) is 24.4 Å². The van der Waals surface area contributed by atoms with Crippen LogP contribution < -0.4 is 15.4 Å². The lowest BCUT2D eigenvalue weighted by molar-refractivity contribution is -0.118. The Bertz CT molecular complexity index is 857. The van der Waals surface area contributed by atoms with E-state index in [2.05, 4.69) is 47.7 Å². The molecule has 0 spiro atoms. The molecule has 0 aliphatic carbocycles. The maximum absolute atomic E-state index is 11.9. The number of nitrogens with zero attached hydrogens (tertiary/aromatic N) is 1. The molecule has 0 fully saturated rings. The van der Waals surface area contributed by atoms with Gasteiger partial charge in [0.1, 0.15) is 11.6 Å². The Morgan fingerprint density at radius 3 is 2.35 bits per heavy atom. The fourth-order valence-electron chi connectivity index (χ4n) is 2.60. The van der Waals surface area contributed by atoms with Gasteiger partial charge in [-0.2, -0.15) is 0 Å². The number of aromatic nitrogens is 1. The second-order valence-electron chi connectivity index (χ2n) is 6.08. The number of amides is 1. The quantitative estimate of drug-likeness (QED) is 0.691. The molecule has 0 saturated carbocycles. The minimum absolute atomic E-state index is 0.0612. The zero-order valence-corrected chi connectivity index (χ0v) is 14.8. The average molecular weight is 347 g/mol. The van der Waals surface area contributed by atoms with Gasteiger partial charge >= 0.3 is 0 Å². The number of pyridine rings is 1. The van der Waals surface area contributed by atoms with E-state index in [9.17, 15) is 4.79 Å². The Balaban J connectivity index is 1.54. The fraction of sp³-hybridized carbons (Fsp3) is 0.143. The standard InChI is InChI=1S/C21H21N3O2/c1-15-10-16(2)12-18(11-15)23-17-8-9-20(22-13-17)24-21(25)14-26-19-6-4-3-5-7-19/h3-13,23H,14H2,1-2H3,(H,22,24,25). The molecular formula is C21H21N3O2. The lowest BCUT2D eigenvalue weighted by Crippen LogP contribution is -2.20. The molecule has 1 aromatic heterocycles. The Morgan fingerprint density at radius 1 is 0.962 bits per heavy atom. The second-order valence-corrected chi connectivity index (χ2v) is 6.08. The van der Waals surface area contributed by atoms with Gasteiger partial charge in [-0.1, -0.05) is 24.3 Å². The number of hydrogen-bond donors (Lipinski definition) is 2. The van der Waals surface area contributed by atoms with Crippen molar-refractivity contribution in [3.63, 3.8) is 0 Å². The molecule has 5 heteroatoms. The van der Waals surface area contributed by atoms with Crippen LogP contribution in [0.2, 0.25) is 0 Å². The molecule has 0 aliphatic rings. The largest absolute Gasteiger partial charge is 0.484 e. The highest BCUT2D eigenvalue weighted by molar-refractivity contribution is 5.91. The van der Waals surface area contributed by atoms with E-state index in [4.69, 9.17) is 4.74 Å². The van der Waals surface area contributed by atoms with Crippen LogP contribution in [0.4, 0.5) is 17.2 Å². The van der Waals surface area contributed by atoms with Crippen LogP contribution in [-0.4, -0.2) is 17.5 Å². The lowest BCUT2D eigenvalue weighted by Gasteiger charge is -2.10. The van der Waals surface area contributed by atoms with Crippen molar-refractivity contribution in [3.05, 3.63) is 78.0 Å². The minimum Gasteiger partial charge on any atom is -0.484 e. The Hall–Kier alpha value is -3.34. The number of rotatable bonds is 6. The SMILES string of the molecule is Cc1cc(C)cc(Nc2ccc(NC(=O)COc3ccccc3)nc2)c1. The van der Waals surface area contributed by atoms with Crippen LogP contribution in [0.3, 0.4) is 0 Å². The predicted octanol–water partition coefficient (Wildman–Crippen LogP) is 4.46. The van der Waals surface area contributed by atoms with Crippen molar-refractivity contribution >= 4 is 23.1 Å². The number of benzene rings is 2. The van der Waals surface area contributed by atoms with Crippen LogP contribution in [-0.2, 0) is 4.79 Å². The summed E-state index contributed by atoms with van der Waals surface area (Å²) in [5, 5.41) is 6.03. The first-order chi connectivity index (χ1) is 12.6. The van der Waals surface area contributed by atoms with Crippen molar-refractivity contribution in [2.45, 2.75) is 13.8 Å². The molecule has 0 saturated heterocycles. The molecule has 0 unspecified atom stereocenters. The molecule has 1 amide bonds. The summed E-state index contributed by atoms with van der Waals surface area (Å²) in [6.07, 6.45) is 1.69. The molecule has 5 nitrogen and oxygen atoms in total. The van der Waals surface area contributed by atoms with Gasteiger partial charge in [-0.15, -0.1) is 0 Å². The number of para-hydroxylation sites is 1. The highest BCUT2D eigenvalue weighted by Crippen LogP contribution is 2.20. The van der Waals surface area contributed by atoms with Crippen molar-refractivity contribution in [3.8, 4) is 5.75 Å². The third kappa shape index (κ3) is 5.08. The highest BCUT2D eigenvalue weighted by Gasteiger charge is 2.05. The average Bonchev–Trinajstić information content (AvgIpc) is 2.62. The maximum Gasteiger partial charge on any atom is 0.263 e. The normalized spacial score (nSPS) is 10.2. The molecule has 0 atom stereocenters. The molecule has 0 bridgehead atoms. The molecule has 0 aliphatic heterocycles. The molecule has 1 heterocycles. The summed E-state index contributed by atoms with van der Waals surface area (Å²) in [6, 6.07) is 19.1. The molecular weight excluding hydrogens is 326 g/mol. The molecule has 2 aromatic carbocycles. The van der Waals surface area contributed by atoms with Gasteiger partial charge in [0.2, 0.25) is 0 Å². The summed E-state index contributed by atoms with van der Waals surface area (Å²) in [5.74, 6) is 0.887. The zero-order chi connectivity index (χ0) is 18.4. The Labute approximate surface area is 153 Å². The first-order valence-corrected chi connectivity index (χ1v) is 8.37. The fourth-order valence-corrected chi connectivity index (χ4v) is 2.60. The minimum atomic E-state index is -0.253. The number of carbonyl (C=O) groups is 1. The Kier molecular flexibility index (Phi) is 5.49. The molecule has 3 aromatic rings. The van der Waals surface area contributed by atoms with Crippen LogP contribution in [0.15, 0.2) is 66.9 Å². The summed E-state index contributed by atoms with van der Waals surface area (Å²) in [6.45, 7) is 4.06. The first kappa shape index (κ1) is 17.5. The van der Waals surface area contributed by atoms with Gasteiger partial charge < -0.3 is 15.4 Å². The van der Waals surface area contributed by atoms with Gasteiger partial charge in [-0.3, -0.25) is 4.79 Å². The summed E-state index contributed by atoms with van der Waals surface area (Å²) < 4.78 is 5.41. The molecule has 2 N–H and O–H groups in total. The van der Waals surface area contributed by atoms with E-state index >= 15 is 0 Å². The number of carbonyl (C=O) groups excluding carboxylic acids is 1. The van der Waals surface area contributed by atoms with E-state index in [0.29, 0.717) is 11.6 Å². The van der Waals surface area contributed by atoms with Gasteiger partial charge in [0.05, 0.1) is 11.9 Å². The molecule has 3 rings (SSSR count). The van der Waals surface area contributed by atoms with Crippen LogP contribution in [0.5, 0.6) is 5.75 Å². The van der Waals surface area contributed by atoms with E-state index in [-0.39, 0.29) is 12.5 Å². The van der Waals surface area contributed by atoms with E-state index in [1.807, 2.05) is 24.3 Å². The first-order valence-electron chi connectivity index (χ1n) is 8.37. The number of nitrogens with one attached hydrogen (secondary N) is 2. The van der Waals surface area contributed by atoms with Gasteiger partial charge in [0.25, 0.3) is 5.91 Å². The van der Waals surface area contributed by atoms with Crippen molar-refractivity contribution in [1.29, 1.82) is 0 Å². The summed E-state index contributed by atoms with van der Waals surface area (Å²) in [4.78, 5) is 16.2. The van der Waals surface area contributed by atoms with Crippen molar-refractivity contribution < 1.29 is 9.53 Å². The molecule has 132 valence electrons. The second kappa shape index (κ2) is 8.16. The van der Waals surface area contributed by atoms with Gasteiger partial charge in [0.15, 0.2) is 6.61 Å². The third-order valence-electron chi connectivity index (χ3n) is 3.65. The van der Waals surface area contributed by atoms with Crippen LogP contribution >= 0.6 is 0 Å². The number of ether oxygens (including phenoxy) is 1. The highest BCUT2D eigenvalue weighted by atomic mass is 16.5. The van der Waals surface area contributed by atoms with Gasteiger partial charge in [-0.05, 0) is 61.4 Å². The smallest absolute Gasteiger partial charge is 0.263 e. The Morgan fingerprint density at radius 2 is 1.69 bits per heavy atom. The lowest BCUT2D eigenvalue weighted by atomic mass is 10.1. The topological polar surface area (TPSA) is 63.2 Å². The van der Waals surface area contributed by atoms with Crippen molar-refractivity contribution in [2.75, 3.05) is 17.2 Å². The van der Waals surface area contributed by atoms with E-state index in [1.165, 1.54) is 11.1 Å². The maximum atomic E-state index is 11.9. The summed E-state index contributed by atoms with van der Waals surface area (Å²) in [7, 11) is 0. The van der Waals surface area contributed by atoms with Gasteiger partial charge in [0, 0.05) is 5.69 Å². The number of aryl methyl sites for hydroxylation is 2. The van der Waals surface area contributed by atoms with Gasteiger partial charge in [-0.25, -0.2) is 4.98 Å².